The summed E-state index contributed by atoms with van der Waals surface area (Å²) in [5.41, 5.74) is -1.84. The second-order valence-corrected chi connectivity index (χ2v) is 4.52. The van der Waals surface area contributed by atoms with Crippen molar-refractivity contribution in [3.05, 3.63) is 0 Å². The van der Waals surface area contributed by atoms with Crippen LogP contribution in [0.25, 0.3) is 0 Å². The summed E-state index contributed by atoms with van der Waals surface area (Å²) in [6.45, 7) is 0.652. The van der Waals surface area contributed by atoms with E-state index in [9.17, 15) is 13.6 Å². The number of nitrogens with zero attached hydrogens (tertiary/aromatic N) is 2. The summed E-state index contributed by atoms with van der Waals surface area (Å²) in [6.07, 6.45) is -2.19. The molecule has 0 saturated carbocycles. The van der Waals surface area contributed by atoms with E-state index in [1.54, 1.807) is 0 Å². The topological polar surface area (TPSA) is 32.8 Å². The van der Waals surface area contributed by atoms with E-state index >= 15 is 0 Å². The molecule has 0 N–H and O–H groups in total. The van der Waals surface area contributed by atoms with Crippen LogP contribution in [0.1, 0.15) is 12.8 Å². The number of esters is 1. The van der Waals surface area contributed by atoms with Gasteiger partial charge >= 0.3 is 5.97 Å². The number of rotatable bonds is 7. The molecule has 102 valence electrons. The summed E-state index contributed by atoms with van der Waals surface area (Å²) < 4.78 is 30.9. The Morgan fingerprint density at radius 2 is 1.82 bits per heavy atom. The molecule has 0 aromatic heterocycles. The Kier molecular flexibility index (Phi) is 6.56. The van der Waals surface area contributed by atoms with E-state index in [4.69, 9.17) is 0 Å². The lowest BCUT2D eigenvalue weighted by molar-refractivity contribution is -0.166. The molecule has 0 aliphatic carbocycles. The highest BCUT2D eigenvalue weighted by molar-refractivity contribution is 5.81. The molecule has 0 rings (SSSR count). The number of methoxy groups -OCH3 is 1. The Labute approximate surface area is 102 Å². The van der Waals surface area contributed by atoms with Crippen LogP contribution in [0.5, 0.6) is 0 Å². The second-order valence-electron chi connectivity index (χ2n) is 4.52. The van der Waals surface area contributed by atoms with Crippen LogP contribution in [0.15, 0.2) is 0 Å². The fourth-order valence-electron chi connectivity index (χ4n) is 1.74. The number of hydrogen-bond acceptors (Lipinski definition) is 4. The molecule has 0 aromatic rings. The number of hydrogen-bond donors (Lipinski definition) is 0. The minimum atomic E-state index is -2.77. The average molecular weight is 252 g/mol. The SMILES string of the molecule is COC(=O)[C@@](CCCN(C)C)(C(F)F)N(C)C. The second kappa shape index (κ2) is 6.86. The van der Waals surface area contributed by atoms with Crippen LogP contribution >= 0.6 is 0 Å². The molecule has 0 aliphatic heterocycles. The van der Waals surface area contributed by atoms with Crippen LogP contribution in [-0.4, -0.2) is 69.6 Å². The van der Waals surface area contributed by atoms with E-state index in [0.717, 1.165) is 7.11 Å². The van der Waals surface area contributed by atoms with Crippen molar-refractivity contribution in [2.45, 2.75) is 24.8 Å². The Morgan fingerprint density at radius 1 is 1.29 bits per heavy atom. The van der Waals surface area contributed by atoms with Gasteiger partial charge < -0.3 is 9.64 Å². The van der Waals surface area contributed by atoms with Gasteiger partial charge in [0.1, 0.15) is 0 Å². The van der Waals surface area contributed by atoms with Crippen molar-refractivity contribution in [2.75, 3.05) is 41.8 Å². The standard InChI is InChI=1S/C11H22F2N2O2/c1-14(2)8-6-7-11(9(12)13,15(3)4)10(16)17-5/h9H,6-8H2,1-5H3/t11-/m1/s1. The average Bonchev–Trinajstić information content (AvgIpc) is 2.21. The highest BCUT2D eigenvalue weighted by Crippen LogP contribution is 2.28. The molecule has 17 heavy (non-hydrogen) atoms. The number of alkyl halides is 2. The summed E-state index contributed by atoms with van der Waals surface area (Å²) in [4.78, 5) is 14.8. The number of ether oxygens (including phenoxy) is 1. The maximum absolute atomic E-state index is 13.2. The smallest absolute Gasteiger partial charge is 0.332 e. The molecule has 0 heterocycles. The molecule has 0 aromatic carbocycles. The van der Waals surface area contributed by atoms with Gasteiger partial charge in [0, 0.05) is 0 Å². The first-order valence-electron chi connectivity index (χ1n) is 5.47. The predicted molar refractivity (Wildman–Crippen MR) is 62.2 cm³/mol. The van der Waals surface area contributed by atoms with E-state index in [1.165, 1.54) is 19.0 Å². The highest BCUT2D eigenvalue weighted by atomic mass is 19.3. The van der Waals surface area contributed by atoms with Crippen molar-refractivity contribution in [3.63, 3.8) is 0 Å². The van der Waals surface area contributed by atoms with Gasteiger partial charge in [-0.05, 0) is 47.6 Å². The Hall–Kier alpha value is -0.750. The Morgan fingerprint density at radius 3 is 2.12 bits per heavy atom. The normalized spacial score (nSPS) is 15.4. The van der Waals surface area contributed by atoms with E-state index in [-0.39, 0.29) is 6.42 Å². The van der Waals surface area contributed by atoms with E-state index < -0.39 is 17.9 Å². The molecular formula is C11H22F2N2O2. The van der Waals surface area contributed by atoms with Crippen LogP contribution in [0.3, 0.4) is 0 Å². The Bertz CT molecular complexity index is 238. The number of halogens is 2. The first kappa shape index (κ1) is 16.2. The van der Waals surface area contributed by atoms with Crippen molar-refractivity contribution in [1.82, 2.24) is 9.80 Å². The zero-order valence-electron chi connectivity index (χ0n) is 11.2. The van der Waals surface area contributed by atoms with Crippen molar-refractivity contribution in [3.8, 4) is 0 Å². The van der Waals surface area contributed by atoms with Crippen LogP contribution in [0.2, 0.25) is 0 Å². The summed E-state index contributed by atoms with van der Waals surface area (Å²) in [6, 6.07) is 0. The molecule has 1 atom stereocenters. The van der Waals surface area contributed by atoms with Crippen LogP contribution in [0.4, 0.5) is 8.78 Å². The largest absolute Gasteiger partial charge is 0.467 e. The maximum Gasteiger partial charge on any atom is 0.332 e. The van der Waals surface area contributed by atoms with Gasteiger partial charge in [0.25, 0.3) is 6.43 Å². The number of likely N-dealkylation sites (N-methyl/N-ethyl adjacent to an activating group) is 1. The molecule has 0 aliphatic rings. The first-order chi connectivity index (χ1) is 7.78. The van der Waals surface area contributed by atoms with Gasteiger partial charge in [0.2, 0.25) is 0 Å². The molecule has 0 radical (unpaired) electrons. The summed E-state index contributed by atoms with van der Waals surface area (Å²) in [5.74, 6) is -0.878. The minimum Gasteiger partial charge on any atom is -0.467 e. The lowest BCUT2D eigenvalue weighted by atomic mass is 9.92. The van der Waals surface area contributed by atoms with Gasteiger partial charge in [-0.3, -0.25) is 4.90 Å². The van der Waals surface area contributed by atoms with E-state index in [0.29, 0.717) is 13.0 Å². The third-order valence-electron chi connectivity index (χ3n) is 2.86. The van der Waals surface area contributed by atoms with Crippen molar-refractivity contribution >= 4 is 5.97 Å². The molecule has 0 bridgehead atoms. The third kappa shape index (κ3) is 3.89. The monoisotopic (exact) mass is 252 g/mol. The van der Waals surface area contributed by atoms with E-state index in [1.807, 2.05) is 19.0 Å². The highest BCUT2D eigenvalue weighted by Gasteiger charge is 2.50. The zero-order valence-corrected chi connectivity index (χ0v) is 11.2. The molecular weight excluding hydrogens is 230 g/mol. The first-order valence-corrected chi connectivity index (χ1v) is 5.47. The van der Waals surface area contributed by atoms with Gasteiger partial charge in [0.05, 0.1) is 7.11 Å². The van der Waals surface area contributed by atoms with Gasteiger partial charge in [-0.25, -0.2) is 13.6 Å². The molecule has 0 saturated heterocycles. The lowest BCUT2D eigenvalue weighted by Crippen LogP contribution is -2.57. The van der Waals surface area contributed by atoms with Gasteiger partial charge in [-0.2, -0.15) is 0 Å². The molecule has 0 unspecified atom stereocenters. The minimum absolute atomic E-state index is 0.0719. The van der Waals surface area contributed by atoms with Crippen LogP contribution in [0, 0.1) is 0 Å². The fraction of sp³-hybridized carbons (Fsp3) is 0.909. The Balaban J connectivity index is 4.87. The summed E-state index contributed by atoms with van der Waals surface area (Å²) in [5, 5.41) is 0. The summed E-state index contributed by atoms with van der Waals surface area (Å²) in [7, 11) is 7.79. The van der Waals surface area contributed by atoms with Crippen molar-refractivity contribution in [1.29, 1.82) is 0 Å². The van der Waals surface area contributed by atoms with E-state index in [2.05, 4.69) is 4.74 Å². The number of carbonyl (C=O) groups excluding carboxylic acids is 1. The van der Waals surface area contributed by atoms with Gasteiger partial charge in [-0.1, -0.05) is 0 Å². The maximum atomic E-state index is 13.2. The quantitative estimate of drug-likeness (QED) is 0.634. The predicted octanol–water partition coefficient (Wildman–Crippen LogP) is 1.07. The van der Waals surface area contributed by atoms with Crippen LogP contribution in [-0.2, 0) is 9.53 Å². The molecule has 6 heteroatoms. The molecule has 0 spiro atoms. The fourth-order valence-corrected chi connectivity index (χ4v) is 1.74. The van der Waals surface area contributed by atoms with Crippen LogP contribution < -0.4 is 0 Å². The molecule has 0 fully saturated rings. The molecule has 4 nitrogen and oxygen atoms in total. The van der Waals surface area contributed by atoms with Crippen molar-refractivity contribution in [2.24, 2.45) is 0 Å². The number of carbonyl (C=O) groups is 1. The summed E-state index contributed by atoms with van der Waals surface area (Å²) >= 11 is 0. The zero-order chi connectivity index (χ0) is 13.6. The third-order valence-corrected chi connectivity index (χ3v) is 2.86. The van der Waals surface area contributed by atoms with Gasteiger partial charge in [0.15, 0.2) is 5.54 Å². The van der Waals surface area contributed by atoms with Crippen molar-refractivity contribution < 1.29 is 18.3 Å². The lowest BCUT2D eigenvalue weighted by Gasteiger charge is -2.36. The molecule has 0 amide bonds. The van der Waals surface area contributed by atoms with Gasteiger partial charge in [-0.15, -0.1) is 0 Å².